The van der Waals surface area contributed by atoms with Gasteiger partial charge in [-0.25, -0.2) is 4.68 Å². The predicted octanol–water partition coefficient (Wildman–Crippen LogP) is 2.50. The molecular formula is C15H23BrN4O. The monoisotopic (exact) mass is 354 g/mol. The second-order valence-corrected chi connectivity index (χ2v) is 7.09. The first kappa shape index (κ1) is 15.0. The second-order valence-electron chi connectivity index (χ2n) is 6.30. The highest BCUT2D eigenvalue weighted by molar-refractivity contribution is 9.10. The molecule has 0 radical (unpaired) electrons. The Morgan fingerprint density at radius 2 is 2.38 bits per heavy atom. The first-order chi connectivity index (χ1) is 10.1. The third-order valence-electron chi connectivity index (χ3n) is 4.72. The average molecular weight is 355 g/mol. The maximum Gasteiger partial charge on any atom is 0.283 e. The van der Waals surface area contributed by atoms with Crippen LogP contribution in [0, 0.1) is 0 Å². The lowest BCUT2D eigenvalue weighted by Gasteiger charge is -2.48. The number of aromatic nitrogens is 2. The zero-order valence-electron chi connectivity index (χ0n) is 12.5. The Labute approximate surface area is 133 Å². The number of hydrogen-bond acceptors (Lipinski definition) is 4. The van der Waals surface area contributed by atoms with Crippen LogP contribution in [0.3, 0.4) is 0 Å². The van der Waals surface area contributed by atoms with Crippen LogP contribution in [0.15, 0.2) is 15.5 Å². The Kier molecular flexibility index (Phi) is 4.36. The van der Waals surface area contributed by atoms with E-state index in [4.69, 9.17) is 0 Å². The lowest BCUT2D eigenvalue weighted by molar-refractivity contribution is 0.135. The van der Waals surface area contributed by atoms with Crippen molar-refractivity contribution >= 4 is 21.6 Å². The molecule has 2 heterocycles. The van der Waals surface area contributed by atoms with Crippen molar-refractivity contribution < 1.29 is 0 Å². The molecule has 1 spiro atoms. The van der Waals surface area contributed by atoms with Crippen LogP contribution in [-0.4, -0.2) is 27.9 Å². The van der Waals surface area contributed by atoms with Crippen LogP contribution >= 0.6 is 15.9 Å². The van der Waals surface area contributed by atoms with Gasteiger partial charge in [-0.3, -0.25) is 4.79 Å². The summed E-state index contributed by atoms with van der Waals surface area (Å²) in [4.78, 5) is 12.2. The summed E-state index contributed by atoms with van der Waals surface area (Å²) in [5.74, 6) is 0. The minimum Gasteiger partial charge on any atom is -0.380 e. The van der Waals surface area contributed by atoms with E-state index in [9.17, 15) is 4.79 Å². The van der Waals surface area contributed by atoms with Crippen LogP contribution in [0.1, 0.15) is 45.4 Å². The van der Waals surface area contributed by atoms with E-state index in [0.717, 1.165) is 31.5 Å². The lowest BCUT2D eigenvalue weighted by atomic mass is 9.70. The average Bonchev–Trinajstić information content (AvgIpc) is 2.46. The van der Waals surface area contributed by atoms with E-state index in [2.05, 4.69) is 31.7 Å². The van der Waals surface area contributed by atoms with E-state index >= 15 is 0 Å². The first-order valence-electron chi connectivity index (χ1n) is 7.91. The van der Waals surface area contributed by atoms with Gasteiger partial charge in [-0.05, 0) is 61.0 Å². The number of halogens is 1. The van der Waals surface area contributed by atoms with Crippen LogP contribution < -0.4 is 16.2 Å². The molecule has 6 heteroatoms. The van der Waals surface area contributed by atoms with Gasteiger partial charge in [-0.2, -0.15) is 5.10 Å². The molecule has 1 aromatic rings. The summed E-state index contributed by atoms with van der Waals surface area (Å²) < 4.78 is 2.12. The van der Waals surface area contributed by atoms with Crippen molar-refractivity contribution in [2.24, 2.45) is 0 Å². The van der Waals surface area contributed by atoms with E-state index in [-0.39, 0.29) is 5.56 Å². The minimum atomic E-state index is -0.0471. The smallest absolute Gasteiger partial charge is 0.283 e. The SMILES string of the molecule is CCCn1ncc(NC2CCNC3(CCC3)C2)c(Br)c1=O. The fourth-order valence-electron chi connectivity index (χ4n) is 3.42. The highest BCUT2D eigenvalue weighted by Crippen LogP contribution is 2.39. The molecule has 0 aromatic carbocycles. The number of nitrogens with zero attached hydrogens (tertiary/aromatic N) is 2. The van der Waals surface area contributed by atoms with Crippen molar-refractivity contribution in [2.45, 2.75) is 63.6 Å². The molecule has 2 fully saturated rings. The fraction of sp³-hybridized carbons (Fsp3) is 0.733. The highest BCUT2D eigenvalue weighted by Gasteiger charge is 2.40. The maximum atomic E-state index is 12.2. The molecule has 1 saturated heterocycles. The van der Waals surface area contributed by atoms with Gasteiger partial charge in [0.1, 0.15) is 4.47 Å². The van der Waals surface area contributed by atoms with E-state index in [1.54, 1.807) is 6.20 Å². The number of nitrogens with one attached hydrogen (secondary N) is 2. The van der Waals surface area contributed by atoms with Gasteiger partial charge in [0.05, 0.1) is 11.9 Å². The zero-order valence-corrected chi connectivity index (χ0v) is 14.1. The molecule has 2 aliphatic rings. The standard InChI is InChI=1S/C15H23BrN4O/c1-2-8-20-14(21)13(16)12(10-18-20)19-11-4-7-17-15(9-11)5-3-6-15/h10-11,17,19H,2-9H2,1H3. The zero-order chi connectivity index (χ0) is 14.9. The lowest BCUT2D eigenvalue weighted by Crippen LogP contribution is -2.58. The molecule has 1 aliphatic heterocycles. The van der Waals surface area contributed by atoms with Gasteiger partial charge in [0.15, 0.2) is 0 Å². The van der Waals surface area contributed by atoms with Gasteiger partial charge in [-0.1, -0.05) is 6.92 Å². The van der Waals surface area contributed by atoms with Gasteiger partial charge in [0.25, 0.3) is 5.56 Å². The summed E-state index contributed by atoms with van der Waals surface area (Å²) in [7, 11) is 0. The van der Waals surface area contributed by atoms with Crippen LogP contribution in [0.5, 0.6) is 0 Å². The van der Waals surface area contributed by atoms with E-state index in [1.165, 1.54) is 23.9 Å². The maximum absolute atomic E-state index is 12.2. The number of hydrogen-bond donors (Lipinski definition) is 2. The highest BCUT2D eigenvalue weighted by atomic mass is 79.9. The third kappa shape index (κ3) is 3.01. The van der Waals surface area contributed by atoms with Gasteiger partial charge >= 0.3 is 0 Å². The van der Waals surface area contributed by atoms with Crippen molar-refractivity contribution in [1.82, 2.24) is 15.1 Å². The van der Waals surface area contributed by atoms with Crippen molar-refractivity contribution in [3.05, 3.63) is 21.0 Å². The van der Waals surface area contributed by atoms with Crippen molar-refractivity contribution in [3.63, 3.8) is 0 Å². The van der Waals surface area contributed by atoms with Crippen molar-refractivity contribution in [1.29, 1.82) is 0 Å². The normalized spacial score (nSPS) is 23.8. The van der Waals surface area contributed by atoms with Crippen molar-refractivity contribution in [3.8, 4) is 0 Å². The second kappa shape index (κ2) is 6.08. The first-order valence-corrected chi connectivity index (χ1v) is 8.70. The summed E-state index contributed by atoms with van der Waals surface area (Å²) in [6.07, 6.45) is 8.80. The number of anilines is 1. The summed E-state index contributed by atoms with van der Waals surface area (Å²) in [5.41, 5.74) is 1.13. The van der Waals surface area contributed by atoms with Gasteiger partial charge in [0.2, 0.25) is 0 Å². The van der Waals surface area contributed by atoms with Crippen LogP contribution in [0.2, 0.25) is 0 Å². The van der Waals surface area contributed by atoms with Gasteiger partial charge in [-0.15, -0.1) is 0 Å². The molecule has 1 atom stereocenters. The quantitative estimate of drug-likeness (QED) is 0.871. The van der Waals surface area contributed by atoms with Crippen molar-refractivity contribution in [2.75, 3.05) is 11.9 Å². The third-order valence-corrected chi connectivity index (χ3v) is 5.49. The molecule has 1 aliphatic carbocycles. The topological polar surface area (TPSA) is 59.0 Å². The number of rotatable bonds is 4. The molecule has 1 aromatic heterocycles. The molecular weight excluding hydrogens is 332 g/mol. The molecule has 3 rings (SSSR count). The largest absolute Gasteiger partial charge is 0.380 e. The molecule has 1 saturated carbocycles. The van der Waals surface area contributed by atoms with Crippen LogP contribution in [0.4, 0.5) is 5.69 Å². The molecule has 21 heavy (non-hydrogen) atoms. The van der Waals surface area contributed by atoms with Crippen LogP contribution in [-0.2, 0) is 6.54 Å². The Bertz CT molecular complexity index is 567. The van der Waals surface area contributed by atoms with Gasteiger partial charge in [0, 0.05) is 18.1 Å². The minimum absolute atomic E-state index is 0.0471. The van der Waals surface area contributed by atoms with Crippen LogP contribution in [0.25, 0.3) is 0 Å². The molecule has 0 bridgehead atoms. The predicted molar refractivity (Wildman–Crippen MR) is 87.7 cm³/mol. The molecule has 0 amide bonds. The number of aryl methyl sites for hydroxylation is 1. The summed E-state index contributed by atoms with van der Waals surface area (Å²) in [6, 6.07) is 0.422. The summed E-state index contributed by atoms with van der Waals surface area (Å²) >= 11 is 3.44. The summed E-state index contributed by atoms with van der Waals surface area (Å²) in [5, 5.41) is 11.4. The Morgan fingerprint density at radius 1 is 1.57 bits per heavy atom. The summed E-state index contributed by atoms with van der Waals surface area (Å²) in [6.45, 7) is 3.76. The Hall–Kier alpha value is -0.880. The molecule has 116 valence electrons. The van der Waals surface area contributed by atoms with E-state index in [1.807, 2.05) is 6.92 Å². The Morgan fingerprint density at radius 3 is 3.05 bits per heavy atom. The van der Waals surface area contributed by atoms with Gasteiger partial charge < -0.3 is 10.6 Å². The van der Waals surface area contributed by atoms with E-state index < -0.39 is 0 Å². The van der Waals surface area contributed by atoms with E-state index in [0.29, 0.717) is 22.6 Å². The number of piperidine rings is 1. The Balaban J connectivity index is 1.72. The fourth-order valence-corrected chi connectivity index (χ4v) is 3.84. The molecule has 2 N–H and O–H groups in total. The molecule has 5 nitrogen and oxygen atoms in total. The molecule has 1 unspecified atom stereocenters.